The van der Waals surface area contributed by atoms with Crippen LogP contribution in [0.3, 0.4) is 0 Å². The minimum atomic E-state index is -4.17. The first-order valence-electron chi connectivity index (χ1n) is 9.85. The molecule has 0 spiro atoms. The van der Waals surface area contributed by atoms with Crippen molar-refractivity contribution in [3.63, 3.8) is 0 Å². The van der Waals surface area contributed by atoms with Crippen LogP contribution < -0.4 is 15.2 Å². The van der Waals surface area contributed by atoms with E-state index in [0.29, 0.717) is 11.4 Å². The van der Waals surface area contributed by atoms with Crippen LogP contribution in [0.2, 0.25) is 0 Å². The minimum Gasteiger partial charge on any atom is -0.352 e. The molecule has 1 amide bonds. The summed E-state index contributed by atoms with van der Waals surface area (Å²) in [5, 5.41) is 2.70. The van der Waals surface area contributed by atoms with Gasteiger partial charge in [0.25, 0.3) is 15.6 Å². The zero-order valence-corrected chi connectivity index (χ0v) is 18.8. The molecule has 0 atom stereocenters. The summed E-state index contributed by atoms with van der Waals surface area (Å²) in [6.07, 6.45) is 0. The molecule has 0 fully saturated rings. The summed E-state index contributed by atoms with van der Waals surface area (Å²) in [7, 11) is -2.49. The van der Waals surface area contributed by atoms with E-state index in [1.165, 1.54) is 16.8 Å². The maximum atomic E-state index is 13.5. The van der Waals surface area contributed by atoms with Gasteiger partial charge in [-0.25, -0.2) is 17.4 Å². The van der Waals surface area contributed by atoms with Gasteiger partial charge < -0.3 is 5.32 Å². The number of hydrogen-bond donors (Lipinski definition) is 1. The third kappa shape index (κ3) is 4.41. The normalized spacial score (nSPS) is 11.5. The zero-order valence-electron chi connectivity index (χ0n) is 17.9. The molecule has 0 aliphatic carbocycles. The predicted octanol–water partition coefficient (Wildman–Crippen LogP) is 2.20. The van der Waals surface area contributed by atoms with E-state index in [1.807, 2.05) is 6.07 Å². The SMILES string of the molecule is Cc1c(N(CC(=O)NC(C)C)S(=O)(=O)c2ccccc2)c(=O)n(-c2ccccc2)n1C. The number of anilines is 1. The Kier molecular flexibility index (Phi) is 6.35. The topological polar surface area (TPSA) is 93.4 Å². The molecule has 3 rings (SSSR count). The summed E-state index contributed by atoms with van der Waals surface area (Å²) in [5.74, 6) is -0.497. The highest BCUT2D eigenvalue weighted by atomic mass is 32.2. The van der Waals surface area contributed by atoms with E-state index in [-0.39, 0.29) is 16.6 Å². The van der Waals surface area contributed by atoms with E-state index < -0.39 is 28.0 Å². The number of sulfonamides is 1. The minimum absolute atomic E-state index is 0.00117. The fourth-order valence-corrected chi connectivity index (χ4v) is 4.84. The Hall–Kier alpha value is -3.33. The number of aromatic nitrogens is 2. The smallest absolute Gasteiger partial charge is 0.296 e. The van der Waals surface area contributed by atoms with Crippen LogP contribution in [0.4, 0.5) is 5.69 Å². The van der Waals surface area contributed by atoms with Crippen molar-refractivity contribution in [3.8, 4) is 5.69 Å². The van der Waals surface area contributed by atoms with Gasteiger partial charge in [-0.1, -0.05) is 36.4 Å². The van der Waals surface area contributed by atoms with Gasteiger partial charge in [-0.15, -0.1) is 0 Å². The Morgan fingerprint density at radius 1 is 1.03 bits per heavy atom. The molecule has 0 saturated heterocycles. The van der Waals surface area contributed by atoms with E-state index in [1.54, 1.807) is 75.0 Å². The molecule has 164 valence electrons. The molecule has 0 aliphatic rings. The fraction of sp³-hybridized carbons (Fsp3) is 0.273. The van der Waals surface area contributed by atoms with E-state index in [2.05, 4.69) is 5.32 Å². The lowest BCUT2D eigenvalue weighted by Gasteiger charge is -2.23. The van der Waals surface area contributed by atoms with Crippen molar-refractivity contribution in [2.75, 3.05) is 10.8 Å². The van der Waals surface area contributed by atoms with Crippen LogP contribution in [-0.2, 0) is 21.9 Å². The molecule has 1 heterocycles. The third-order valence-electron chi connectivity index (χ3n) is 4.84. The summed E-state index contributed by atoms with van der Waals surface area (Å²) in [5.41, 5.74) is 0.427. The van der Waals surface area contributed by atoms with Gasteiger partial charge in [-0.3, -0.25) is 14.3 Å². The Balaban J connectivity index is 2.21. The van der Waals surface area contributed by atoms with Crippen LogP contribution in [0.25, 0.3) is 5.69 Å². The number of nitrogens with one attached hydrogen (secondary N) is 1. The Morgan fingerprint density at radius 2 is 1.58 bits per heavy atom. The fourth-order valence-electron chi connectivity index (χ4n) is 3.34. The second-order valence-electron chi connectivity index (χ2n) is 7.46. The van der Waals surface area contributed by atoms with Gasteiger partial charge in [0.1, 0.15) is 12.2 Å². The number of benzene rings is 2. The first-order valence-corrected chi connectivity index (χ1v) is 11.3. The van der Waals surface area contributed by atoms with Gasteiger partial charge in [0, 0.05) is 13.1 Å². The van der Waals surface area contributed by atoms with Crippen molar-refractivity contribution >= 4 is 21.6 Å². The second-order valence-corrected chi connectivity index (χ2v) is 9.32. The molecule has 3 aromatic rings. The number of carbonyl (C=O) groups is 1. The van der Waals surface area contributed by atoms with Gasteiger partial charge in [-0.2, -0.15) is 0 Å². The Labute approximate surface area is 181 Å². The van der Waals surface area contributed by atoms with Crippen molar-refractivity contribution in [1.29, 1.82) is 0 Å². The zero-order chi connectivity index (χ0) is 22.8. The molecule has 8 nitrogen and oxygen atoms in total. The Bertz CT molecular complexity index is 1230. The van der Waals surface area contributed by atoms with Gasteiger partial charge in [-0.05, 0) is 45.0 Å². The van der Waals surface area contributed by atoms with Crippen LogP contribution in [0.15, 0.2) is 70.4 Å². The summed E-state index contributed by atoms with van der Waals surface area (Å²) in [4.78, 5) is 26.0. The second kappa shape index (κ2) is 8.81. The van der Waals surface area contributed by atoms with Crippen LogP contribution >= 0.6 is 0 Å². The van der Waals surface area contributed by atoms with E-state index >= 15 is 0 Å². The standard InChI is InChI=1S/C22H26N4O4S/c1-16(2)23-20(27)15-25(31(29,30)19-13-9-6-10-14-19)21-17(3)24(4)26(22(21)28)18-11-7-5-8-12-18/h5-14,16H,15H2,1-4H3,(H,23,27). The molecular formula is C22H26N4O4S. The van der Waals surface area contributed by atoms with Crippen LogP contribution in [0.1, 0.15) is 19.5 Å². The summed E-state index contributed by atoms with van der Waals surface area (Å²) in [6, 6.07) is 16.5. The van der Waals surface area contributed by atoms with Crippen molar-refractivity contribution in [2.24, 2.45) is 7.05 Å². The Morgan fingerprint density at radius 3 is 2.13 bits per heavy atom. The molecule has 0 aliphatic heterocycles. The predicted molar refractivity (Wildman–Crippen MR) is 120 cm³/mol. The van der Waals surface area contributed by atoms with E-state index in [0.717, 1.165) is 4.31 Å². The molecule has 31 heavy (non-hydrogen) atoms. The summed E-state index contributed by atoms with van der Waals surface area (Å²) >= 11 is 0. The molecule has 2 aromatic carbocycles. The highest BCUT2D eigenvalue weighted by molar-refractivity contribution is 7.92. The third-order valence-corrected chi connectivity index (χ3v) is 6.60. The van der Waals surface area contributed by atoms with Gasteiger partial charge in [0.2, 0.25) is 5.91 Å². The summed E-state index contributed by atoms with van der Waals surface area (Å²) < 4.78 is 30.9. The van der Waals surface area contributed by atoms with Gasteiger partial charge in [0.05, 0.1) is 16.3 Å². The van der Waals surface area contributed by atoms with E-state index in [4.69, 9.17) is 0 Å². The maximum Gasteiger partial charge on any atom is 0.296 e. The number of rotatable bonds is 7. The quantitative estimate of drug-likeness (QED) is 0.607. The molecule has 0 bridgehead atoms. The number of nitrogens with zero attached hydrogens (tertiary/aromatic N) is 3. The molecule has 9 heteroatoms. The van der Waals surface area contributed by atoms with Crippen LogP contribution in [0.5, 0.6) is 0 Å². The van der Waals surface area contributed by atoms with Gasteiger partial charge in [0.15, 0.2) is 0 Å². The number of amides is 1. The molecule has 1 aromatic heterocycles. The first kappa shape index (κ1) is 22.4. The van der Waals surface area contributed by atoms with Crippen molar-refractivity contribution in [3.05, 3.63) is 76.7 Å². The average Bonchev–Trinajstić information content (AvgIpc) is 2.95. The van der Waals surface area contributed by atoms with Crippen molar-refractivity contribution in [2.45, 2.75) is 31.7 Å². The van der Waals surface area contributed by atoms with Crippen LogP contribution in [0, 0.1) is 6.92 Å². The van der Waals surface area contributed by atoms with Crippen molar-refractivity contribution < 1.29 is 13.2 Å². The summed E-state index contributed by atoms with van der Waals surface area (Å²) in [6.45, 7) is 4.71. The van der Waals surface area contributed by atoms with Crippen LogP contribution in [-0.4, -0.2) is 36.3 Å². The molecule has 0 saturated carbocycles. The lowest BCUT2D eigenvalue weighted by atomic mass is 10.3. The lowest BCUT2D eigenvalue weighted by molar-refractivity contribution is -0.120. The average molecular weight is 443 g/mol. The van der Waals surface area contributed by atoms with E-state index in [9.17, 15) is 18.0 Å². The highest BCUT2D eigenvalue weighted by Gasteiger charge is 2.33. The molecule has 1 N–H and O–H groups in total. The maximum absolute atomic E-state index is 13.5. The van der Waals surface area contributed by atoms with Crippen molar-refractivity contribution in [1.82, 2.24) is 14.7 Å². The number of para-hydroxylation sites is 1. The number of hydrogen-bond acceptors (Lipinski definition) is 4. The van der Waals surface area contributed by atoms with Gasteiger partial charge >= 0.3 is 0 Å². The molecular weight excluding hydrogens is 416 g/mol. The molecule has 0 radical (unpaired) electrons. The molecule has 0 unspecified atom stereocenters. The number of carbonyl (C=O) groups excluding carboxylic acids is 1. The highest BCUT2D eigenvalue weighted by Crippen LogP contribution is 2.25. The first-order chi connectivity index (χ1) is 14.6. The largest absolute Gasteiger partial charge is 0.352 e. The monoisotopic (exact) mass is 442 g/mol. The lowest BCUT2D eigenvalue weighted by Crippen LogP contribution is -2.44.